The Morgan fingerprint density at radius 2 is 1.77 bits per heavy atom. The highest BCUT2D eigenvalue weighted by Crippen LogP contribution is 2.33. The molecule has 1 aliphatic rings. The van der Waals surface area contributed by atoms with Crippen LogP contribution in [-0.2, 0) is 22.4 Å². The van der Waals surface area contributed by atoms with Crippen LogP contribution in [0, 0.1) is 0 Å². The number of aromatic nitrogens is 2. The highest BCUT2D eigenvalue weighted by molar-refractivity contribution is 6.09. The fraction of sp³-hybridized carbons (Fsp3) is 0.393. The van der Waals surface area contributed by atoms with Gasteiger partial charge in [-0.2, -0.15) is 0 Å². The van der Waals surface area contributed by atoms with E-state index in [9.17, 15) is 4.79 Å². The van der Waals surface area contributed by atoms with E-state index < -0.39 is 0 Å². The molecular weight excluding hydrogens is 442 g/mol. The van der Waals surface area contributed by atoms with E-state index >= 15 is 0 Å². The Morgan fingerprint density at radius 3 is 2.51 bits per heavy atom. The lowest BCUT2D eigenvalue weighted by Gasteiger charge is -2.27. The zero-order valence-corrected chi connectivity index (χ0v) is 20.5. The molecule has 2 aromatic heterocycles. The molecule has 0 radical (unpaired) electrons. The summed E-state index contributed by atoms with van der Waals surface area (Å²) in [6.45, 7) is 5.52. The minimum atomic E-state index is -0.100. The standard InChI is InChI=1S/C28H33N3O4/c1-33-20-22(19-21-7-4-3-5-8-21)30-12-11-24-26(28(30)32)23-9-6-10-25(34-2)27(23)31(24)14-13-29-15-17-35-18-16-29/h3-12,22H,13-20H2,1-2H3. The summed E-state index contributed by atoms with van der Waals surface area (Å²) in [7, 11) is 3.37. The predicted octanol–water partition coefficient (Wildman–Crippen LogP) is 3.73. The number of methoxy groups -OCH3 is 2. The molecule has 0 bridgehead atoms. The molecule has 1 atom stereocenters. The van der Waals surface area contributed by atoms with Gasteiger partial charge in [-0.25, -0.2) is 0 Å². The molecule has 1 fully saturated rings. The molecule has 5 rings (SSSR count). The summed E-state index contributed by atoms with van der Waals surface area (Å²) in [4.78, 5) is 16.4. The minimum Gasteiger partial charge on any atom is -0.495 e. The highest BCUT2D eigenvalue weighted by atomic mass is 16.5. The molecule has 0 spiro atoms. The number of nitrogens with zero attached hydrogens (tertiary/aromatic N) is 3. The van der Waals surface area contributed by atoms with Gasteiger partial charge in [0.1, 0.15) is 5.75 Å². The first-order valence-corrected chi connectivity index (χ1v) is 12.2. The number of para-hydroxylation sites is 1. The third kappa shape index (κ3) is 4.72. The van der Waals surface area contributed by atoms with Gasteiger partial charge in [0, 0.05) is 44.9 Å². The van der Waals surface area contributed by atoms with E-state index in [4.69, 9.17) is 14.2 Å². The van der Waals surface area contributed by atoms with Gasteiger partial charge in [0.25, 0.3) is 5.56 Å². The zero-order valence-electron chi connectivity index (χ0n) is 20.5. The fourth-order valence-electron chi connectivity index (χ4n) is 5.21. The van der Waals surface area contributed by atoms with Gasteiger partial charge in [0.2, 0.25) is 0 Å². The monoisotopic (exact) mass is 475 g/mol. The molecule has 4 aromatic rings. The van der Waals surface area contributed by atoms with Crippen LogP contribution in [0.2, 0.25) is 0 Å². The topological polar surface area (TPSA) is 57.9 Å². The largest absolute Gasteiger partial charge is 0.495 e. The Bertz CT molecular complexity index is 1340. The molecule has 2 aromatic carbocycles. The molecule has 3 heterocycles. The van der Waals surface area contributed by atoms with Crippen LogP contribution < -0.4 is 10.3 Å². The Kier molecular flexibility index (Phi) is 7.18. The van der Waals surface area contributed by atoms with Crippen molar-refractivity contribution in [2.24, 2.45) is 0 Å². The second kappa shape index (κ2) is 10.6. The van der Waals surface area contributed by atoms with Gasteiger partial charge < -0.3 is 23.3 Å². The number of ether oxygens (including phenoxy) is 3. The maximum atomic E-state index is 14.0. The van der Waals surface area contributed by atoms with Gasteiger partial charge in [0.05, 0.1) is 49.4 Å². The molecule has 0 saturated carbocycles. The van der Waals surface area contributed by atoms with Crippen molar-refractivity contribution in [2.45, 2.75) is 19.0 Å². The van der Waals surface area contributed by atoms with Crippen LogP contribution in [0.5, 0.6) is 5.75 Å². The summed E-state index contributed by atoms with van der Waals surface area (Å²) < 4.78 is 20.9. The van der Waals surface area contributed by atoms with Gasteiger partial charge >= 0.3 is 0 Å². The van der Waals surface area contributed by atoms with Crippen LogP contribution in [0.3, 0.4) is 0 Å². The molecule has 1 unspecified atom stereocenters. The van der Waals surface area contributed by atoms with E-state index in [0.717, 1.165) is 73.4 Å². The third-order valence-electron chi connectivity index (χ3n) is 6.96. The number of hydrogen-bond donors (Lipinski definition) is 0. The first kappa shape index (κ1) is 23.6. The lowest BCUT2D eigenvalue weighted by molar-refractivity contribution is 0.0366. The number of fused-ring (bicyclic) bond motifs is 3. The average Bonchev–Trinajstić information content (AvgIpc) is 3.23. The summed E-state index contributed by atoms with van der Waals surface area (Å²) in [5.74, 6) is 0.782. The van der Waals surface area contributed by atoms with Gasteiger partial charge in [-0.15, -0.1) is 0 Å². The van der Waals surface area contributed by atoms with Crippen molar-refractivity contribution >= 4 is 21.8 Å². The Labute approximate surface area is 205 Å². The predicted molar refractivity (Wildman–Crippen MR) is 139 cm³/mol. The summed E-state index contributed by atoms with van der Waals surface area (Å²) in [6, 6.07) is 18.2. The fourth-order valence-corrected chi connectivity index (χ4v) is 5.21. The maximum Gasteiger partial charge on any atom is 0.260 e. The van der Waals surface area contributed by atoms with E-state index in [2.05, 4.69) is 27.7 Å². The second-order valence-corrected chi connectivity index (χ2v) is 9.05. The Balaban J connectivity index is 1.61. The van der Waals surface area contributed by atoms with Gasteiger partial charge in [-0.05, 0) is 24.1 Å². The quantitative estimate of drug-likeness (QED) is 0.369. The Morgan fingerprint density at radius 1 is 0.971 bits per heavy atom. The smallest absolute Gasteiger partial charge is 0.260 e. The molecule has 184 valence electrons. The molecular formula is C28H33N3O4. The number of morpholine rings is 1. The van der Waals surface area contributed by atoms with Crippen LogP contribution in [0.25, 0.3) is 21.8 Å². The molecule has 1 saturated heterocycles. The van der Waals surface area contributed by atoms with Gasteiger partial charge in [-0.3, -0.25) is 9.69 Å². The molecule has 0 amide bonds. The van der Waals surface area contributed by atoms with Crippen molar-refractivity contribution in [3.05, 3.63) is 76.7 Å². The SMILES string of the molecule is COCC(Cc1ccccc1)n1ccc2c(c1=O)c1cccc(OC)c1n2CCN1CCOCC1. The number of rotatable bonds is 9. The van der Waals surface area contributed by atoms with Crippen molar-refractivity contribution < 1.29 is 14.2 Å². The van der Waals surface area contributed by atoms with E-state index in [1.54, 1.807) is 14.2 Å². The van der Waals surface area contributed by atoms with Crippen LogP contribution in [0.4, 0.5) is 0 Å². The van der Waals surface area contributed by atoms with Crippen molar-refractivity contribution in [3.63, 3.8) is 0 Å². The normalized spacial score (nSPS) is 15.6. The average molecular weight is 476 g/mol. The lowest BCUT2D eigenvalue weighted by atomic mass is 10.1. The molecule has 0 N–H and O–H groups in total. The highest BCUT2D eigenvalue weighted by Gasteiger charge is 2.22. The molecule has 7 heteroatoms. The first-order valence-electron chi connectivity index (χ1n) is 12.2. The van der Waals surface area contributed by atoms with E-state index in [0.29, 0.717) is 6.61 Å². The zero-order chi connectivity index (χ0) is 24.2. The van der Waals surface area contributed by atoms with Crippen LogP contribution >= 0.6 is 0 Å². The molecule has 1 aliphatic heterocycles. The molecule has 7 nitrogen and oxygen atoms in total. The van der Waals surface area contributed by atoms with Crippen LogP contribution in [-0.4, -0.2) is 67.7 Å². The van der Waals surface area contributed by atoms with Crippen molar-refractivity contribution in [3.8, 4) is 5.75 Å². The summed E-state index contributed by atoms with van der Waals surface area (Å²) in [5.41, 5.74) is 3.09. The first-order chi connectivity index (χ1) is 17.2. The Hall–Kier alpha value is -3.13. The van der Waals surface area contributed by atoms with E-state index in [1.165, 1.54) is 5.56 Å². The van der Waals surface area contributed by atoms with Crippen LogP contribution in [0.15, 0.2) is 65.6 Å². The number of pyridine rings is 1. The van der Waals surface area contributed by atoms with Gasteiger partial charge in [0.15, 0.2) is 0 Å². The minimum absolute atomic E-state index is 0.00357. The van der Waals surface area contributed by atoms with Crippen molar-refractivity contribution in [1.29, 1.82) is 0 Å². The van der Waals surface area contributed by atoms with Crippen molar-refractivity contribution in [2.75, 3.05) is 53.7 Å². The van der Waals surface area contributed by atoms with E-state index in [-0.39, 0.29) is 11.6 Å². The lowest BCUT2D eigenvalue weighted by Crippen LogP contribution is -2.38. The molecule has 35 heavy (non-hydrogen) atoms. The van der Waals surface area contributed by atoms with E-state index in [1.807, 2.05) is 47.2 Å². The second-order valence-electron chi connectivity index (χ2n) is 9.05. The third-order valence-corrected chi connectivity index (χ3v) is 6.96. The summed E-state index contributed by atoms with van der Waals surface area (Å²) in [6.07, 6.45) is 2.65. The van der Waals surface area contributed by atoms with Crippen LogP contribution in [0.1, 0.15) is 11.6 Å². The summed E-state index contributed by atoms with van der Waals surface area (Å²) in [5, 5.41) is 1.66. The maximum absolute atomic E-state index is 14.0. The summed E-state index contributed by atoms with van der Waals surface area (Å²) >= 11 is 0. The number of benzene rings is 2. The molecule has 0 aliphatic carbocycles. The number of hydrogen-bond acceptors (Lipinski definition) is 5. The van der Waals surface area contributed by atoms with Gasteiger partial charge in [-0.1, -0.05) is 42.5 Å². The van der Waals surface area contributed by atoms with Crippen molar-refractivity contribution in [1.82, 2.24) is 14.0 Å².